The lowest BCUT2D eigenvalue weighted by atomic mass is 9.97. The van der Waals surface area contributed by atoms with Gasteiger partial charge in [-0.1, -0.05) is 13.8 Å². The highest BCUT2D eigenvalue weighted by atomic mass is 19.1. The smallest absolute Gasteiger partial charge is 0.123 e. The predicted molar refractivity (Wildman–Crippen MR) is 74.9 cm³/mol. The van der Waals surface area contributed by atoms with Gasteiger partial charge in [-0.2, -0.15) is 0 Å². The van der Waals surface area contributed by atoms with Gasteiger partial charge in [0.2, 0.25) is 0 Å². The lowest BCUT2D eigenvalue weighted by molar-refractivity contribution is 0.186. The second kappa shape index (κ2) is 8.12. The van der Waals surface area contributed by atoms with Gasteiger partial charge >= 0.3 is 0 Å². The van der Waals surface area contributed by atoms with Crippen molar-refractivity contribution in [2.24, 2.45) is 11.8 Å². The van der Waals surface area contributed by atoms with Crippen LogP contribution in [0, 0.1) is 17.7 Å². The minimum atomic E-state index is -0.244. The predicted octanol–water partition coefficient (Wildman–Crippen LogP) is 2.23. The largest absolute Gasteiger partial charge is 0.496 e. The second-order valence-corrected chi connectivity index (χ2v) is 5.10. The number of nitrogens with one attached hydrogen (secondary N) is 1. The zero-order valence-electron chi connectivity index (χ0n) is 11.9. The Morgan fingerprint density at radius 1 is 1.37 bits per heavy atom. The molecule has 0 saturated carbocycles. The lowest BCUT2D eigenvalue weighted by Gasteiger charge is -2.18. The van der Waals surface area contributed by atoms with Gasteiger partial charge in [0.1, 0.15) is 11.6 Å². The third kappa shape index (κ3) is 5.17. The summed E-state index contributed by atoms with van der Waals surface area (Å²) in [4.78, 5) is 0. The molecule has 0 aromatic heterocycles. The van der Waals surface area contributed by atoms with E-state index in [0.29, 0.717) is 18.1 Å². The molecule has 1 aromatic carbocycles. The van der Waals surface area contributed by atoms with E-state index in [1.807, 2.05) is 0 Å². The van der Waals surface area contributed by atoms with Gasteiger partial charge in [-0.05, 0) is 48.6 Å². The quantitative estimate of drug-likeness (QED) is 0.711. The first-order valence-corrected chi connectivity index (χ1v) is 6.72. The summed E-state index contributed by atoms with van der Waals surface area (Å²) in [6.07, 6.45) is 0.706. The molecule has 108 valence electrons. The summed E-state index contributed by atoms with van der Waals surface area (Å²) < 4.78 is 18.4. The van der Waals surface area contributed by atoms with Gasteiger partial charge in [-0.25, -0.2) is 4.39 Å². The van der Waals surface area contributed by atoms with E-state index in [1.54, 1.807) is 13.2 Å². The van der Waals surface area contributed by atoms with Gasteiger partial charge in [0, 0.05) is 13.2 Å². The Morgan fingerprint density at radius 2 is 2.11 bits per heavy atom. The highest BCUT2D eigenvalue weighted by Crippen LogP contribution is 2.19. The highest BCUT2D eigenvalue weighted by Gasteiger charge is 2.11. The molecule has 1 aromatic rings. The molecule has 0 saturated heterocycles. The minimum absolute atomic E-state index is 0.188. The number of halogens is 1. The number of benzene rings is 1. The summed E-state index contributed by atoms with van der Waals surface area (Å²) in [5.74, 6) is 1.17. The number of aliphatic hydroxyl groups is 1. The summed E-state index contributed by atoms with van der Waals surface area (Å²) in [7, 11) is 1.59. The monoisotopic (exact) mass is 269 g/mol. The molecule has 0 aliphatic carbocycles. The van der Waals surface area contributed by atoms with Crippen LogP contribution in [0.2, 0.25) is 0 Å². The Bertz CT molecular complexity index is 382. The van der Waals surface area contributed by atoms with E-state index in [2.05, 4.69) is 19.2 Å². The Kier molecular flexibility index (Phi) is 6.81. The van der Waals surface area contributed by atoms with E-state index in [-0.39, 0.29) is 18.3 Å². The summed E-state index contributed by atoms with van der Waals surface area (Å²) in [6, 6.07) is 4.55. The topological polar surface area (TPSA) is 41.5 Å². The second-order valence-electron chi connectivity index (χ2n) is 5.10. The zero-order chi connectivity index (χ0) is 14.3. The third-order valence-electron chi connectivity index (χ3n) is 3.40. The maximum atomic E-state index is 13.2. The first-order chi connectivity index (χ1) is 9.08. The number of ether oxygens (including phenoxy) is 1. The first-order valence-electron chi connectivity index (χ1n) is 6.72. The SMILES string of the molecule is COc1ccc(F)cc1CCNCC(CO)C(C)C. The van der Waals surface area contributed by atoms with Gasteiger partial charge in [0.25, 0.3) is 0 Å². The van der Waals surface area contributed by atoms with Gasteiger partial charge in [-0.15, -0.1) is 0 Å². The summed E-state index contributed by atoms with van der Waals surface area (Å²) >= 11 is 0. The molecule has 0 aliphatic heterocycles. The molecule has 1 unspecified atom stereocenters. The summed E-state index contributed by atoms with van der Waals surface area (Å²) in [5.41, 5.74) is 0.861. The molecule has 0 aliphatic rings. The van der Waals surface area contributed by atoms with Gasteiger partial charge in [0.15, 0.2) is 0 Å². The molecule has 19 heavy (non-hydrogen) atoms. The summed E-state index contributed by atoms with van der Waals surface area (Å²) in [6.45, 7) is 5.89. The van der Waals surface area contributed by atoms with E-state index < -0.39 is 0 Å². The molecule has 4 heteroatoms. The Labute approximate surface area is 114 Å². The number of methoxy groups -OCH3 is 1. The molecule has 2 N–H and O–H groups in total. The van der Waals surface area contributed by atoms with E-state index in [0.717, 1.165) is 18.7 Å². The standard InChI is InChI=1S/C15H24FNO2/c1-11(2)13(10-18)9-17-7-6-12-8-14(16)4-5-15(12)19-3/h4-5,8,11,13,17-18H,6-7,9-10H2,1-3H3. The van der Waals surface area contributed by atoms with E-state index in [9.17, 15) is 9.50 Å². The van der Waals surface area contributed by atoms with E-state index in [1.165, 1.54) is 12.1 Å². The maximum absolute atomic E-state index is 13.2. The van der Waals surface area contributed by atoms with Crippen LogP contribution in [0.25, 0.3) is 0 Å². The first kappa shape index (κ1) is 15.9. The maximum Gasteiger partial charge on any atom is 0.123 e. The van der Waals surface area contributed by atoms with Crippen molar-refractivity contribution in [3.8, 4) is 5.75 Å². The van der Waals surface area contributed by atoms with Crippen LogP contribution in [0.1, 0.15) is 19.4 Å². The minimum Gasteiger partial charge on any atom is -0.496 e. The van der Waals surface area contributed by atoms with E-state index in [4.69, 9.17) is 4.74 Å². The van der Waals surface area contributed by atoms with Crippen molar-refractivity contribution >= 4 is 0 Å². The van der Waals surface area contributed by atoms with Crippen molar-refractivity contribution in [3.63, 3.8) is 0 Å². The molecular weight excluding hydrogens is 245 g/mol. The lowest BCUT2D eigenvalue weighted by Crippen LogP contribution is -2.30. The van der Waals surface area contributed by atoms with Gasteiger partial charge < -0.3 is 15.2 Å². The Hall–Kier alpha value is -1.13. The van der Waals surface area contributed by atoms with Crippen LogP contribution >= 0.6 is 0 Å². The van der Waals surface area contributed by atoms with Crippen LogP contribution in [-0.2, 0) is 6.42 Å². The number of hydrogen-bond acceptors (Lipinski definition) is 3. The van der Waals surface area contributed by atoms with Crippen molar-refractivity contribution in [2.45, 2.75) is 20.3 Å². The van der Waals surface area contributed by atoms with Gasteiger partial charge in [-0.3, -0.25) is 0 Å². The molecule has 0 radical (unpaired) electrons. The molecule has 1 atom stereocenters. The average Bonchev–Trinajstić information content (AvgIpc) is 2.38. The fourth-order valence-electron chi connectivity index (χ4n) is 1.96. The van der Waals surface area contributed by atoms with Crippen LogP contribution < -0.4 is 10.1 Å². The number of rotatable bonds is 8. The van der Waals surface area contributed by atoms with Crippen molar-refractivity contribution in [1.82, 2.24) is 5.32 Å². The average molecular weight is 269 g/mol. The molecule has 3 nitrogen and oxygen atoms in total. The third-order valence-corrected chi connectivity index (χ3v) is 3.40. The van der Waals surface area contributed by atoms with Crippen LogP contribution in [0.4, 0.5) is 4.39 Å². The van der Waals surface area contributed by atoms with Gasteiger partial charge in [0.05, 0.1) is 7.11 Å². The van der Waals surface area contributed by atoms with Crippen molar-refractivity contribution in [2.75, 3.05) is 26.8 Å². The normalized spacial score (nSPS) is 12.7. The summed E-state index contributed by atoms with van der Waals surface area (Å²) in [5, 5.41) is 12.5. The van der Waals surface area contributed by atoms with Crippen LogP contribution in [0.3, 0.4) is 0 Å². The Morgan fingerprint density at radius 3 is 2.68 bits per heavy atom. The van der Waals surface area contributed by atoms with Crippen molar-refractivity contribution < 1.29 is 14.2 Å². The van der Waals surface area contributed by atoms with Crippen molar-refractivity contribution in [1.29, 1.82) is 0 Å². The molecule has 0 fully saturated rings. The molecular formula is C15H24FNO2. The molecule has 1 rings (SSSR count). The molecule has 0 heterocycles. The zero-order valence-corrected chi connectivity index (χ0v) is 11.9. The number of hydrogen-bond donors (Lipinski definition) is 2. The fraction of sp³-hybridized carbons (Fsp3) is 0.600. The van der Waals surface area contributed by atoms with Crippen LogP contribution in [-0.4, -0.2) is 31.9 Å². The molecule has 0 spiro atoms. The molecule has 0 amide bonds. The Balaban J connectivity index is 2.42. The van der Waals surface area contributed by atoms with Crippen LogP contribution in [0.15, 0.2) is 18.2 Å². The molecule has 0 bridgehead atoms. The fourth-order valence-corrected chi connectivity index (χ4v) is 1.96. The van der Waals surface area contributed by atoms with E-state index >= 15 is 0 Å². The van der Waals surface area contributed by atoms with Crippen LogP contribution in [0.5, 0.6) is 5.75 Å². The number of aliphatic hydroxyl groups excluding tert-OH is 1. The highest BCUT2D eigenvalue weighted by molar-refractivity contribution is 5.34. The van der Waals surface area contributed by atoms with Crippen molar-refractivity contribution in [3.05, 3.63) is 29.6 Å².